The number of likely N-dealkylation sites (tertiary alicyclic amines) is 1. The first-order valence-electron chi connectivity index (χ1n) is 8.78. The standard InChI is InChI=1S/C20H18ClN3O2S/c21-17-6-2-1-4-14(17)7-8-18(25)24-10-3-5-15(12-24)19-22-23-20(26-19)16-9-11-27-13-16/h1-2,4,6-9,11,13,15H,3,5,10,12H2. The topological polar surface area (TPSA) is 59.2 Å². The number of piperidine rings is 1. The highest BCUT2D eigenvalue weighted by molar-refractivity contribution is 7.08. The van der Waals surface area contributed by atoms with E-state index >= 15 is 0 Å². The molecule has 1 aromatic carbocycles. The van der Waals surface area contributed by atoms with Gasteiger partial charge in [-0.3, -0.25) is 4.79 Å². The quantitative estimate of drug-likeness (QED) is 0.587. The Morgan fingerprint density at radius 2 is 2.19 bits per heavy atom. The number of halogens is 1. The fourth-order valence-electron chi connectivity index (χ4n) is 3.16. The van der Waals surface area contributed by atoms with Gasteiger partial charge in [0.2, 0.25) is 17.7 Å². The Morgan fingerprint density at radius 3 is 3.00 bits per heavy atom. The zero-order valence-corrected chi connectivity index (χ0v) is 16.1. The molecule has 0 N–H and O–H groups in total. The average molecular weight is 400 g/mol. The normalized spacial score (nSPS) is 17.5. The lowest BCUT2D eigenvalue weighted by Crippen LogP contribution is -2.38. The van der Waals surface area contributed by atoms with E-state index in [2.05, 4.69) is 10.2 Å². The molecule has 3 heterocycles. The van der Waals surface area contributed by atoms with E-state index in [1.54, 1.807) is 23.5 Å². The minimum absolute atomic E-state index is 0.0304. The van der Waals surface area contributed by atoms with Gasteiger partial charge >= 0.3 is 0 Å². The Kier molecular flexibility index (Phi) is 5.36. The molecule has 0 spiro atoms. The van der Waals surface area contributed by atoms with Crippen molar-refractivity contribution >= 4 is 34.9 Å². The van der Waals surface area contributed by atoms with Crippen LogP contribution in [0.3, 0.4) is 0 Å². The Morgan fingerprint density at radius 1 is 1.30 bits per heavy atom. The largest absolute Gasteiger partial charge is 0.420 e. The Balaban J connectivity index is 1.43. The van der Waals surface area contributed by atoms with E-state index in [1.807, 2.05) is 46.0 Å². The summed E-state index contributed by atoms with van der Waals surface area (Å²) in [5.74, 6) is 1.17. The molecule has 1 saturated heterocycles. The average Bonchev–Trinajstić information content (AvgIpc) is 3.39. The first-order chi connectivity index (χ1) is 13.2. The van der Waals surface area contributed by atoms with Gasteiger partial charge in [0.1, 0.15) is 0 Å². The third kappa shape index (κ3) is 4.12. The van der Waals surface area contributed by atoms with Crippen molar-refractivity contribution in [2.24, 2.45) is 0 Å². The van der Waals surface area contributed by atoms with Crippen molar-refractivity contribution in [3.63, 3.8) is 0 Å². The second kappa shape index (κ2) is 8.06. The number of thiophene rings is 1. The molecule has 138 valence electrons. The van der Waals surface area contributed by atoms with E-state index in [0.717, 1.165) is 30.5 Å². The second-order valence-electron chi connectivity index (χ2n) is 6.44. The molecule has 0 saturated carbocycles. The molecule has 1 aliphatic heterocycles. The Hall–Kier alpha value is -2.44. The van der Waals surface area contributed by atoms with E-state index in [1.165, 1.54) is 0 Å². The summed E-state index contributed by atoms with van der Waals surface area (Å²) in [5.41, 5.74) is 1.77. The third-order valence-corrected chi connectivity index (χ3v) is 5.63. The Labute approximate surface area is 166 Å². The predicted molar refractivity (Wildman–Crippen MR) is 107 cm³/mol. The van der Waals surface area contributed by atoms with Gasteiger partial charge in [0.25, 0.3) is 0 Å². The van der Waals surface area contributed by atoms with Crippen LogP contribution in [0.4, 0.5) is 0 Å². The van der Waals surface area contributed by atoms with Gasteiger partial charge in [0.15, 0.2) is 0 Å². The number of aromatic nitrogens is 2. The molecule has 5 nitrogen and oxygen atoms in total. The molecule has 27 heavy (non-hydrogen) atoms. The molecule has 2 aromatic heterocycles. The van der Waals surface area contributed by atoms with Crippen molar-refractivity contribution < 1.29 is 9.21 Å². The van der Waals surface area contributed by atoms with Gasteiger partial charge < -0.3 is 9.32 Å². The van der Waals surface area contributed by atoms with E-state index in [-0.39, 0.29) is 11.8 Å². The number of amides is 1. The second-order valence-corrected chi connectivity index (χ2v) is 7.62. The summed E-state index contributed by atoms with van der Waals surface area (Å²) in [4.78, 5) is 14.4. The van der Waals surface area contributed by atoms with Crippen molar-refractivity contribution in [3.05, 3.63) is 63.6 Å². The van der Waals surface area contributed by atoms with Crippen LogP contribution in [0.5, 0.6) is 0 Å². The predicted octanol–water partition coefficient (Wildman–Crippen LogP) is 4.87. The van der Waals surface area contributed by atoms with Crippen LogP contribution in [0, 0.1) is 0 Å². The smallest absolute Gasteiger partial charge is 0.248 e. The van der Waals surface area contributed by atoms with Crippen molar-refractivity contribution in [3.8, 4) is 11.5 Å². The lowest BCUT2D eigenvalue weighted by Gasteiger charge is -2.30. The number of hydrogen-bond donors (Lipinski definition) is 0. The molecule has 0 radical (unpaired) electrons. The zero-order valence-electron chi connectivity index (χ0n) is 14.5. The molecule has 0 aliphatic carbocycles. The molecule has 4 rings (SSSR count). The maximum Gasteiger partial charge on any atom is 0.248 e. The molecule has 1 amide bonds. The number of rotatable bonds is 4. The summed E-state index contributed by atoms with van der Waals surface area (Å²) in [6.07, 6.45) is 5.18. The lowest BCUT2D eigenvalue weighted by molar-refractivity contribution is -0.127. The van der Waals surface area contributed by atoms with Crippen LogP contribution < -0.4 is 0 Å². The van der Waals surface area contributed by atoms with Crippen LogP contribution in [0.2, 0.25) is 5.02 Å². The highest BCUT2D eigenvalue weighted by Crippen LogP contribution is 2.29. The summed E-state index contributed by atoms with van der Waals surface area (Å²) >= 11 is 7.73. The molecular weight excluding hydrogens is 382 g/mol. The lowest BCUT2D eigenvalue weighted by atomic mass is 9.98. The molecule has 1 aliphatic rings. The van der Waals surface area contributed by atoms with E-state index in [0.29, 0.717) is 23.3 Å². The molecule has 0 bridgehead atoms. The van der Waals surface area contributed by atoms with Crippen LogP contribution in [0.25, 0.3) is 17.5 Å². The highest BCUT2D eigenvalue weighted by atomic mass is 35.5. The number of hydrogen-bond acceptors (Lipinski definition) is 5. The highest BCUT2D eigenvalue weighted by Gasteiger charge is 2.27. The van der Waals surface area contributed by atoms with Crippen LogP contribution in [0.15, 0.2) is 51.6 Å². The van der Waals surface area contributed by atoms with Crippen LogP contribution >= 0.6 is 22.9 Å². The number of benzene rings is 1. The molecule has 7 heteroatoms. The van der Waals surface area contributed by atoms with Gasteiger partial charge in [-0.2, -0.15) is 11.3 Å². The summed E-state index contributed by atoms with van der Waals surface area (Å²) in [5, 5.41) is 12.9. The SMILES string of the molecule is O=C(C=Cc1ccccc1Cl)N1CCCC(c2nnc(-c3ccsc3)o2)C1. The van der Waals surface area contributed by atoms with Gasteiger partial charge in [-0.05, 0) is 42.0 Å². The van der Waals surface area contributed by atoms with Crippen molar-refractivity contribution in [1.29, 1.82) is 0 Å². The minimum atomic E-state index is -0.0304. The van der Waals surface area contributed by atoms with Crippen LogP contribution in [-0.2, 0) is 4.79 Å². The van der Waals surface area contributed by atoms with Gasteiger partial charge in [0, 0.05) is 35.1 Å². The van der Waals surface area contributed by atoms with E-state index in [9.17, 15) is 4.79 Å². The molecule has 1 fully saturated rings. The number of carbonyl (C=O) groups excluding carboxylic acids is 1. The van der Waals surface area contributed by atoms with E-state index < -0.39 is 0 Å². The zero-order chi connectivity index (χ0) is 18.6. The molecule has 1 unspecified atom stereocenters. The van der Waals surface area contributed by atoms with Crippen molar-refractivity contribution in [2.75, 3.05) is 13.1 Å². The maximum absolute atomic E-state index is 12.6. The maximum atomic E-state index is 12.6. The molecular formula is C20H18ClN3O2S. The monoisotopic (exact) mass is 399 g/mol. The van der Waals surface area contributed by atoms with Gasteiger partial charge in [-0.15, -0.1) is 10.2 Å². The fraction of sp³-hybridized carbons (Fsp3) is 0.250. The number of nitrogens with zero attached hydrogens (tertiary/aromatic N) is 3. The van der Waals surface area contributed by atoms with Gasteiger partial charge in [0.05, 0.1) is 5.92 Å². The summed E-state index contributed by atoms with van der Waals surface area (Å²) < 4.78 is 5.85. The van der Waals surface area contributed by atoms with Crippen LogP contribution in [0.1, 0.15) is 30.2 Å². The van der Waals surface area contributed by atoms with Crippen molar-refractivity contribution in [2.45, 2.75) is 18.8 Å². The fourth-order valence-corrected chi connectivity index (χ4v) is 3.99. The molecule has 3 aromatic rings. The minimum Gasteiger partial charge on any atom is -0.420 e. The van der Waals surface area contributed by atoms with Gasteiger partial charge in [-0.1, -0.05) is 29.8 Å². The first-order valence-corrected chi connectivity index (χ1v) is 10.1. The summed E-state index contributed by atoms with van der Waals surface area (Å²) in [7, 11) is 0. The Bertz CT molecular complexity index is 952. The first kappa shape index (κ1) is 17.9. The van der Waals surface area contributed by atoms with Crippen molar-refractivity contribution in [1.82, 2.24) is 15.1 Å². The summed E-state index contributed by atoms with van der Waals surface area (Å²) in [6, 6.07) is 9.41. The summed E-state index contributed by atoms with van der Waals surface area (Å²) in [6.45, 7) is 1.31. The van der Waals surface area contributed by atoms with Crippen LogP contribution in [-0.4, -0.2) is 34.1 Å². The number of carbonyl (C=O) groups is 1. The third-order valence-electron chi connectivity index (χ3n) is 4.60. The van der Waals surface area contributed by atoms with Gasteiger partial charge in [-0.25, -0.2) is 0 Å². The van der Waals surface area contributed by atoms with E-state index in [4.69, 9.17) is 16.0 Å². The molecule has 1 atom stereocenters.